The Morgan fingerprint density at radius 2 is 1.85 bits per heavy atom. The largest absolute Gasteiger partial charge is 0.434 e. The first kappa shape index (κ1) is 33.1. The molecular weight excluding hydrogens is 593 g/mol. The van der Waals surface area contributed by atoms with Gasteiger partial charge >= 0.3 is 12.8 Å². The molecule has 0 radical (unpaired) electrons. The van der Waals surface area contributed by atoms with E-state index in [4.69, 9.17) is 11.6 Å². The van der Waals surface area contributed by atoms with E-state index in [9.17, 15) is 35.2 Å². The predicted molar refractivity (Wildman–Crippen MR) is 146 cm³/mol. The van der Waals surface area contributed by atoms with Gasteiger partial charge in [0.2, 0.25) is 0 Å². The van der Waals surface area contributed by atoms with Crippen molar-refractivity contribution >= 4 is 27.3 Å². The molecular formula is C27H35ClF5N3O4S. The highest BCUT2D eigenvalue weighted by Crippen LogP contribution is 2.43. The minimum Gasteiger partial charge on any atom is -0.434 e. The quantitative estimate of drug-likeness (QED) is 0.297. The molecule has 1 heterocycles. The molecule has 0 unspecified atom stereocenters. The number of halogens is 6. The van der Waals surface area contributed by atoms with E-state index in [0.29, 0.717) is 25.7 Å². The van der Waals surface area contributed by atoms with Gasteiger partial charge in [-0.2, -0.15) is 27.1 Å². The molecule has 0 aliphatic heterocycles. The molecule has 1 N–H and O–H groups in total. The van der Waals surface area contributed by atoms with Crippen molar-refractivity contribution in [2.24, 2.45) is 10.8 Å². The summed E-state index contributed by atoms with van der Waals surface area (Å²) >= 11 is 6.58. The summed E-state index contributed by atoms with van der Waals surface area (Å²) in [5, 5.41) is 6.55. The zero-order valence-corrected chi connectivity index (χ0v) is 25.1. The van der Waals surface area contributed by atoms with Gasteiger partial charge in [-0.3, -0.25) is 9.48 Å². The van der Waals surface area contributed by atoms with Crippen molar-refractivity contribution < 1.29 is 39.9 Å². The van der Waals surface area contributed by atoms with Crippen LogP contribution in [0.25, 0.3) is 11.3 Å². The maximum absolute atomic E-state index is 13.4. The molecule has 1 aliphatic carbocycles. The van der Waals surface area contributed by atoms with Crippen LogP contribution in [-0.2, 0) is 22.8 Å². The normalized spacial score (nSPS) is 20.3. The van der Waals surface area contributed by atoms with Crippen LogP contribution < -0.4 is 10.1 Å². The molecule has 1 fully saturated rings. The smallest absolute Gasteiger partial charge is 0.394 e. The van der Waals surface area contributed by atoms with E-state index >= 15 is 0 Å². The second-order valence-electron chi connectivity index (χ2n) is 11.6. The fourth-order valence-corrected chi connectivity index (χ4v) is 6.43. The first-order valence-electron chi connectivity index (χ1n) is 13.2. The van der Waals surface area contributed by atoms with Gasteiger partial charge in [0.1, 0.15) is 15.6 Å². The molecule has 1 aromatic carbocycles. The predicted octanol–water partition coefficient (Wildman–Crippen LogP) is 6.68. The molecule has 0 atom stereocenters. The lowest BCUT2D eigenvalue weighted by molar-refractivity contribution is -0.211. The van der Waals surface area contributed by atoms with Crippen LogP contribution in [0.2, 0.25) is 5.02 Å². The van der Waals surface area contributed by atoms with Crippen molar-refractivity contribution in [2.75, 3.05) is 12.8 Å². The van der Waals surface area contributed by atoms with E-state index in [0.717, 1.165) is 19.9 Å². The Morgan fingerprint density at radius 1 is 1.24 bits per heavy atom. The van der Waals surface area contributed by atoms with E-state index in [2.05, 4.69) is 15.2 Å². The van der Waals surface area contributed by atoms with Gasteiger partial charge < -0.3 is 10.1 Å². The number of aryl methyl sites for hydroxylation is 1. The SMILES string of the molecule is CCn1nc(C(=O)NCC2(C)CCC(S(C)(=O)=O)CC2)c(Cl)c1-c1ccc(CC(C)(C)C(F)(F)F)cc1OC(F)F. The van der Waals surface area contributed by atoms with Crippen LogP contribution >= 0.6 is 11.6 Å². The topological polar surface area (TPSA) is 90.3 Å². The highest BCUT2D eigenvalue weighted by Gasteiger charge is 2.47. The number of hydrogen-bond acceptors (Lipinski definition) is 5. The van der Waals surface area contributed by atoms with Gasteiger partial charge in [-0.1, -0.05) is 38.4 Å². The van der Waals surface area contributed by atoms with E-state index in [1.807, 2.05) is 6.92 Å². The Balaban J connectivity index is 1.89. The lowest BCUT2D eigenvalue weighted by Gasteiger charge is -2.36. The molecule has 0 bridgehead atoms. The standard InChI is InChI=1S/C27H35ClF5N3O4S/c1-6-36-22(18-8-7-16(13-19(18)40-24(29)30)14-25(2,3)27(31,32)33)20(28)21(35-36)23(37)34-15-26(4)11-9-17(10-12-26)41(5,38)39/h7-8,13,17,24H,6,9-12,14-15H2,1-5H3,(H,34,37). The average Bonchev–Trinajstić information content (AvgIpc) is 3.17. The van der Waals surface area contributed by atoms with Crippen molar-refractivity contribution in [3.8, 4) is 17.0 Å². The van der Waals surface area contributed by atoms with Gasteiger partial charge in [-0.15, -0.1) is 0 Å². The molecule has 230 valence electrons. The number of nitrogens with zero attached hydrogens (tertiary/aromatic N) is 2. The van der Waals surface area contributed by atoms with Gasteiger partial charge in [-0.05, 0) is 62.1 Å². The van der Waals surface area contributed by atoms with Crippen molar-refractivity contribution in [3.05, 3.63) is 34.5 Å². The molecule has 41 heavy (non-hydrogen) atoms. The molecule has 0 spiro atoms. The number of benzene rings is 1. The number of nitrogens with one attached hydrogen (secondary N) is 1. The average molecular weight is 628 g/mol. The number of carbonyl (C=O) groups excluding carboxylic acids is 1. The fourth-order valence-electron chi connectivity index (χ4n) is 5.02. The van der Waals surface area contributed by atoms with Crippen LogP contribution in [0.3, 0.4) is 0 Å². The zero-order valence-electron chi connectivity index (χ0n) is 23.5. The van der Waals surface area contributed by atoms with Gasteiger partial charge in [0.05, 0.1) is 21.4 Å². The van der Waals surface area contributed by atoms with Crippen LogP contribution in [-0.4, -0.2) is 54.9 Å². The number of amides is 1. The number of hydrogen-bond donors (Lipinski definition) is 1. The second-order valence-corrected chi connectivity index (χ2v) is 14.3. The molecule has 14 heteroatoms. The number of ether oxygens (including phenoxy) is 1. The number of rotatable bonds is 10. The van der Waals surface area contributed by atoms with Crippen molar-refractivity contribution in [1.82, 2.24) is 15.1 Å². The highest BCUT2D eigenvalue weighted by atomic mass is 35.5. The summed E-state index contributed by atoms with van der Waals surface area (Å²) in [5.74, 6) is -0.996. The Hall–Kier alpha value is -2.41. The lowest BCUT2D eigenvalue weighted by Crippen LogP contribution is -2.40. The van der Waals surface area contributed by atoms with Gasteiger partial charge in [0.25, 0.3) is 5.91 Å². The summed E-state index contributed by atoms with van der Waals surface area (Å²) in [4.78, 5) is 13.1. The maximum Gasteiger partial charge on any atom is 0.394 e. The Labute approximate surface area is 241 Å². The van der Waals surface area contributed by atoms with Gasteiger partial charge in [0.15, 0.2) is 5.69 Å². The molecule has 1 aliphatic rings. The molecule has 0 saturated heterocycles. The number of alkyl halides is 5. The molecule has 1 saturated carbocycles. The van der Waals surface area contributed by atoms with Gasteiger partial charge in [0, 0.05) is 24.9 Å². The summed E-state index contributed by atoms with van der Waals surface area (Å²) < 4.78 is 96.7. The minimum atomic E-state index is -4.52. The molecule has 2 aromatic rings. The summed E-state index contributed by atoms with van der Waals surface area (Å²) in [5.41, 5.74) is -2.33. The minimum absolute atomic E-state index is 0.0447. The van der Waals surface area contributed by atoms with Crippen LogP contribution in [0, 0.1) is 10.8 Å². The molecule has 1 aromatic heterocycles. The van der Waals surface area contributed by atoms with Crippen molar-refractivity contribution in [1.29, 1.82) is 0 Å². The first-order valence-corrected chi connectivity index (χ1v) is 15.5. The summed E-state index contributed by atoms with van der Waals surface area (Å²) in [6, 6.07) is 3.82. The monoisotopic (exact) mass is 627 g/mol. The second kappa shape index (κ2) is 12.1. The third kappa shape index (κ3) is 7.71. The van der Waals surface area contributed by atoms with E-state index in [-0.39, 0.29) is 46.0 Å². The molecule has 1 amide bonds. The van der Waals surface area contributed by atoms with Crippen LogP contribution in [0.4, 0.5) is 22.0 Å². The summed E-state index contributed by atoms with van der Waals surface area (Å²) in [6.07, 6.45) is -1.60. The third-order valence-corrected chi connectivity index (χ3v) is 9.80. The number of carbonyl (C=O) groups is 1. The third-order valence-electron chi connectivity index (χ3n) is 7.76. The van der Waals surface area contributed by atoms with E-state index in [1.54, 1.807) is 6.92 Å². The molecule has 3 rings (SSSR count). The Morgan fingerprint density at radius 3 is 2.37 bits per heavy atom. The fraction of sp³-hybridized carbons (Fsp3) is 0.630. The highest BCUT2D eigenvalue weighted by molar-refractivity contribution is 7.91. The molecule has 7 nitrogen and oxygen atoms in total. The summed E-state index contributed by atoms with van der Waals surface area (Å²) in [7, 11) is -3.14. The van der Waals surface area contributed by atoms with Crippen LogP contribution in [0.5, 0.6) is 5.75 Å². The zero-order chi connectivity index (χ0) is 31.0. The lowest BCUT2D eigenvalue weighted by atomic mass is 9.75. The van der Waals surface area contributed by atoms with Crippen LogP contribution in [0.1, 0.15) is 69.4 Å². The summed E-state index contributed by atoms with van der Waals surface area (Å²) in [6.45, 7) is 2.86. The number of aromatic nitrogens is 2. The maximum atomic E-state index is 13.4. The number of sulfone groups is 1. The van der Waals surface area contributed by atoms with E-state index in [1.165, 1.54) is 23.1 Å². The van der Waals surface area contributed by atoms with E-state index < -0.39 is 51.4 Å². The van der Waals surface area contributed by atoms with Crippen molar-refractivity contribution in [2.45, 2.75) is 84.4 Å². The van der Waals surface area contributed by atoms with Gasteiger partial charge in [-0.25, -0.2) is 8.42 Å². The van der Waals surface area contributed by atoms with Crippen molar-refractivity contribution in [3.63, 3.8) is 0 Å². The Kier molecular flexibility index (Phi) is 9.74. The first-order chi connectivity index (χ1) is 18.8. The van der Waals surface area contributed by atoms with Crippen LogP contribution in [0.15, 0.2) is 18.2 Å². The Bertz CT molecular complexity index is 1370.